The monoisotopic (exact) mass is 255 g/mol. The van der Waals surface area contributed by atoms with Crippen LogP contribution in [0, 0.1) is 11.6 Å². The van der Waals surface area contributed by atoms with Crippen LogP contribution in [0.4, 0.5) is 8.78 Å². The summed E-state index contributed by atoms with van der Waals surface area (Å²) < 4.78 is 31.9. The summed E-state index contributed by atoms with van der Waals surface area (Å²) in [6.07, 6.45) is 2.09. The van der Waals surface area contributed by atoms with Gasteiger partial charge in [-0.15, -0.1) is 0 Å². The molecule has 0 aliphatic carbocycles. The summed E-state index contributed by atoms with van der Waals surface area (Å²) >= 11 is 0. The third kappa shape index (κ3) is 3.27. The minimum atomic E-state index is -0.540. The van der Waals surface area contributed by atoms with Crippen LogP contribution in [-0.2, 0) is 4.74 Å². The zero-order chi connectivity index (χ0) is 13.2. The SMILES string of the molecule is CC(NCC1(C)CCCO1)c1cc(F)cc(F)c1. The van der Waals surface area contributed by atoms with Crippen molar-refractivity contribution in [1.82, 2.24) is 5.32 Å². The molecule has 1 saturated heterocycles. The van der Waals surface area contributed by atoms with Crippen LogP contribution < -0.4 is 5.32 Å². The van der Waals surface area contributed by atoms with Gasteiger partial charge in [0.15, 0.2) is 0 Å². The first kappa shape index (κ1) is 13.4. The van der Waals surface area contributed by atoms with Gasteiger partial charge in [0, 0.05) is 25.3 Å². The van der Waals surface area contributed by atoms with Gasteiger partial charge in [0.05, 0.1) is 5.60 Å². The lowest BCUT2D eigenvalue weighted by molar-refractivity contribution is 0.0191. The molecule has 0 bridgehead atoms. The van der Waals surface area contributed by atoms with E-state index in [1.165, 1.54) is 12.1 Å². The van der Waals surface area contributed by atoms with Crippen LogP contribution >= 0.6 is 0 Å². The summed E-state index contributed by atoms with van der Waals surface area (Å²) in [5.41, 5.74) is 0.467. The number of nitrogens with one attached hydrogen (secondary N) is 1. The lowest BCUT2D eigenvalue weighted by Crippen LogP contribution is -2.38. The average molecular weight is 255 g/mol. The Bertz CT molecular complexity index is 396. The standard InChI is InChI=1S/C14H19F2NO/c1-10(11-6-12(15)8-13(16)7-11)17-9-14(2)4-3-5-18-14/h6-8,10,17H,3-5,9H2,1-2H3. The minimum absolute atomic E-state index is 0.101. The molecule has 2 unspecified atom stereocenters. The van der Waals surface area contributed by atoms with Crippen LogP contribution in [0.1, 0.15) is 38.3 Å². The first-order chi connectivity index (χ1) is 8.48. The normalized spacial score (nSPS) is 25.3. The highest BCUT2D eigenvalue weighted by Crippen LogP contribution is 2.25. The molecular formula is C14H19F2NO. The quantitative estimate of drug-likeness (QED) is 0.892. The number of hydrogen-bond donors (Lipinski definition) is 1. The summed E-state index contributed by atoms with van der Waals surface area (Å²) in [5.74, 6) is -1.08. The molecule has 0 radical (unpaired) electrons. The number of halogens is 2. The molecule has 1 aliphatic heterocycles. The molecule has 1 aromatic rings. The van der Waals surface area contributed by atoms with Gasteiger partial charge >= 0.3 is 0 Å². The van der Waals surface area contributed by atoms with Crippen LogP contribution in [-0.4, -0.2) is 18.8 Å². The Morgan fingerprint density at radius 2 is 2.00 bits per heavy atom. The fourth-order valence-electron chi connectivity index (χ4n) is 2.29. The Morgan fingerprint density at radius 1 is 1.33 bits per heavy atom. The van der Waals surface area contributed by atoms with Gasteiger partial charge < -0.3 is 10.1 Å². The van der Waals surface area contributed by atoms with Crippen LogP contribution in [0.5, 0.6) is 0 Å². The molecule has 0 amide bonds. The van der Waals surface area contributed by atoms with Crippen molar-refractivity contribution in [3.63, 3.8) is 0 Å². The maximum atomic E-state index is 13.1. The van der Waals surface area contributed by atoms with Crippen molar-refractivity contribution >= 4 is 0 Å². The topological polar surface area (TPSA) is 21.3 Å². The number of rotatable bonds is 4. The lowest BCUT2D eigenvalue weighted by atomic mass is 10.0. The maximum absolute atomic E-state index is 13.1. The van der Waals surface area contributed by atoms with Crippen molar-refractivity contribution in [2.24, 2.45) is 0 Å². The third-order valence-electron chi connectivity index (χ3n) is 3.47. The van der Waals surface area contributed by atoms with Crippen molar-refractivity contribution in [3.8, 4) is 0 Å². The molecule has 1 aliphatic rings. The second-order valence-corrected chi connectivity index (χ2v) is 5.21. The van der Waals surface area contributed by atoms with E-state index in [0.29, 0.717) is 12.1 Å². The summed E-state index contributed by atoms with van der Waals surface area (Å²) in [6, 6.07) is 3.51. The molecule has 1 N–H and O–H groups in total. The summed E-state index contributed by atoms with van der Waals surface area (Å²) in [5, 5.41) is 3.28. The van der Waals surface area contributed by atoms with E-state index < -0.39 is 11.6 Å². The fraction of sp³-hybridized carbons (Fsp3) is 0.571. The molecule has 1 heterocycles. The van der Waals surface area contributed by atoms with Crippen molar-refractivity contribution in [3.05, 3.63) is 35.4 Å². The van der Waals surface area contributed by atoms with Gasteiger partial charge in [-0.25, -0.2) is 8.78 Å². The molecule has 2 nitrogen and oxygen atoms in total. The number of hydrogen-bond acceptors (Lipinski definition) is 2. The Kier molecular flexibility index (Phi) is 3.97. The van der Waals surface area contributed by atoms with E-state index in [4.69, 9.17) is 4.74 Å². The smallest absolute Gasteiger partial charge is 0.126 e. The van der Waals surface area contributed by atoms with E-state index in [0.717, 1.165) is 25.5 Å². The number of benzene rings is 1. The predicted octanol–water partition coefficient (Wildman–Crippen LogP) is 3.18. The third-order valence-corrected chi connectivity index (χ3v) is 3.47. The Balaban J connectivity index is 1.96. The number of ether oxygens (including phenoxy) is 1. The van der Waals surface area contributed by atoms with E-state index in [2.05, 4.69) is 12.2 Å². The van der Waals surface area contributed by atoms with E-state index in [1.54, 1.807) is 0 Å². The molecule has 1 aromatic carbocycles. The van der Waals surface area contributed by atoms with Gasteiger partial charge in [0.2, 0.25) is 0 Å². The van der Waals surface area contributed by atoms with Gasteiger partial charge in [-0.05, 0) is 44.4 Å². The maximum Gasteiger partial charge on any atom is 0.126 e. The van der Waals surface area contributed by atoms with Crippen LogP contribution in [0.2, 0.25) is 0 Å². The highest BCUT2D eigenvalue weighted by Gasteiger charge is 2.29. The fourth-order valence-corrected chi connectivity index (χ4v) is 2.29. The molecule has 0 aromatic heterocycles. The molecule has 4 heteroatoms. The van der Waals surface area contributed by atoms with Crippen molar-refractivity contribution in [1.29, 1.82) is 0 Å². The molecule has 0 saturated carbocycles. The van der Waals surface area contributed by atoms with Crippen LogP contribution in [0.15, 0.2) is 18.2 Å². The van der Waals surface area contributed by atoms with Crippen molar-refractivity contribution in [2.45, 2.75) is 38.3 Å². The highest BCUT2D eigenvalue weighted by molar-refractivity contribution is 5.21. The second-order valence-electron chi connectivity index (χ2n) is 5.21. The largest absolute Gasteiger partial charge is 0.374 e. The van der Waals surface area contributed by atoms with E-state index in [9.17, 15) is 8.78 Å². The van der Waals surface area contributed by atoms with Gasteiger partial charge in [-0.2, -0.15) is 0 Å². The predicted molar refractivity (Wildman–Crippen MR) is 66.4 cm³/mol. The highest BCUT2D eigenvalue weighted by atomic mass is 19.1. The van der Waals surface area contributed by atoms with Gasteiger partial charge in [-0.1, -0.05) is 0 Å². The molecule has 0 spiro atoms. The second kappa shape index (κ2) is 5.33. The first-order valence-electron chi connectivity index (χ1n) is 6.32. The Labute approximate surface area is 106 Å². The van der Waals surface area contributed by atoms with Gasteiger partial charge in [0.25, 0.3) is 0 Å². The minimum Gasteiger partial charge on any atom is -0.374 e. The lowest BCUT2D eigenvalue weighted by Gasteiger charge is -2.26. The summed E-state index contributed by atoms with van der Waals surface area (Å²) in [7, 11) is 0. The van der Waals surface area contributed by atoms with Crippen LogP contribution in [0.3, 0.4) is 0 Å². The Morgan fingerprint density at radius 3 is 2.56 bits per heavy atom. The van der Waals surface area contributed by atoms with Crippen molar-refractivity contribution in [2.75, 3.05) is 13.2 Å². The summed E-state index contributed by atoms with van der Waals surface area (Å²) in [4.78, 5) is 0. The zero-order valence-corrected chi connectivity index (χ0v) is 10.8. The molecule has 2 atom stereocenters. The van der Waals surface area contributed by atoms with Gasteiger partial charge in [0.1, 0.15) is 11.6 Å². The van der Waals surface area contributed by atoms with Crippen LogP contribution in [0.25, 0.3) is 0 Å². The molecule has 2 rings (SSSR count). The first-order valence-corrected chi connectivity index (χ1v) is 6.32. The van der Waals surface area contributed by atoms with E-state index >= 15 is 0 Å². The molecule has 100 valence electrons. The Hall–Kier alpha value is -1.00. The molecular weight excluding hydrogens is 236 g/mol. The van der Waals surface area contributed by atoms with Crippen molar-refractivity contribution < 1.29 is 13.5 Å². The van der Waals surface area contributed by atoms with E-state index in [1.807, 2.05) is 6.92 Å². The zero-order valence-electron chi connectivity index (χ0n) is 10.8. The average Bonchev–Trinajstić information content (AvgIpc) is 2.72. The van der Waals surface area contributed by atoms with E-state index in [-0.39, 0.29) is 11.6 Å². The molecule has 1 fully saturated rings. The molecule has 18 heavy (non-hydrogen) atoms. The summed E-state index contributed by atoms with van der Waals surface area (Å²) in [6.45, 7) is 5.44. The van der Waals surface area contributed by atoms with Gasteiger partial charge in [-0.3, -0.25) is 0 Å².